The van der Waals surface area contributed by atoms with Crippen LogP contribution in [0.3, 0.4) is 0 Å². The lowest BCUT2D eigenvalue weighted by Gasteiger charge is -2.31. The second-order valence-electron chi connectivity index (χ2n) is 6.79. The van der Waals surface area contributed by atoms with E-state index in [1.807, 2.05) is 12.1 Å². The Kier molecular flexibility index (Phi) is 5.36. The summed E-state index contributed by atoms with van der Waals surface area (Å²) in [4.78, 5) is 25.5. The lowest BCUT2D eigenvalue weighted by atomic mass is 9.88. The molecule has 27 heavy (non-hydrogen) atoms. The van der Waals surface area contributed by atoms with E-state index in [2.05, 4.69) is 0 Å². The third-order valence-corrected chi connectivity index (χ3v) is 5.77. The van der Waals surface area contributed by atoms with Crippen molar-refractivity contribution in [1.82, 2.24) is 4.90 Å². The fourth-order valence-corrected chi connectivity index (χ4v) is 3.90. The van der Waals surface area contributed by atoms with Gasteiger partial charge in [0.25, 0.3) is 5.91 Å². The van der Waals surface area contributed by atoms with Gasteiger partial charge < -0.3 is 14.4 Å². The molecule has 3 rings (SSSR count). The van der Waals surface area contributed by atoms with Gasteiger partial charge in [-0.05, 0) is 48.9 Å². The number of likely N-dealkylation sites (tertiary alicyclic amines) is 1. The molecule has 2 aromatic rings. The average molecular weight is 391 g/mol. The van der Waals surface area contributed by atoms with Gasteiger partial charge >= 0.3 is 5.97 Å². The normalized spacial score (nSPS) is 15.7. The largest absolute Gasteiger partial charge is 0.478 e. The van der Waals surface area contributed by atoms with Crippen molar-refractivity contribution in [1.29, 1.82) is 0 Å². The van der Waals surface area contributed by atoms with Gasteiger partial charge in [-0.3, -0.25) is 4.79 Å². The van der Waals surface area contributed by atoms with Gasteiger partial charge in [0.2, 0.25) is 14.9 Å². The van der Waals surface area contributed by atoms with Crippen LogP contribution in [0.1, 0.15) is 39.3 Å². The van der Waals surface area contributed by atoms with Crippen LogP contribution in [0.4, 0.5) is 0 Å². The lowest BCUT2D eigenvalue weighted by Crippen LogP contribution is -2.38. The van der Waals surface area contributed by atoms with E-state index in [0.29, 0.717) is 25.1 Å². The molecule has 7 nitrogen and oxygen atoms in total. The first-order valence-corrected chi connectivity index (χ1v) is 10.5. The van der Waals surface area contributed by atoms with E-state index in [0.717, 1.165) is 24.7 Å². The van der Waals surface area contributed by atoms with Gasteiger partial charge in [-0.15, -0.1) is 0 Å². The highest BCUT2D eigenvalue weighted by Gasteiger charge is 2.27. The monoisotopic (exact) mass is 391 g/mol. The van der Waals surface area contributed by atoms with Gasteiger partial charge in [-0.2, -0.15) is 0 Å². The van der Waals surface area contributed by atoms with Crippen molar-refractivity contribution >= 4 is 21.7 Å². The minimum atomic E-state index is -3.49. The molecule has 0 aliphatic carbocycles. The summed E-state index contributed by atoms with van der Waals surface area (Å²) < 4.78 is 28.1. The van der Waals surface area contributed by atoms with E-state index < -0.39 is 15.8 Å². The number of carbonyl (C=O) groups excluding carboxylic acids is 1. The Balaban J connectivity index is 1.61. The number of carboxylic acids is 1. The third kappa shape index (κ3) is 4.39. The fourth-order valence-electron chi connectivity index (χ4n) is 3.35. The van der Waals surface area contributed by atoms with Crippen LogP contribution in [0.15, 0.2) is 45.9 Å². The second-order valence-corrected chi connectivity index (χ2v) is 8.74. The van der Waals surface area contributed by atoms with Gasteiger partial charge in [0.1, 0.15) is 0 Å². The molecule has 8 heteroatoms. The molecule has 1 fully saturated rings. The number of amides is 1. The number of sulfone groups is 1. The predicted molar refractivity (Wildman–Crippen MR) is 97.6 cm³/mol. The van der Waals surface area contributed by atoms with Crippen LogP contribution in [0, 0.1) is 5.92 Å². The number of hydrogen-bond acceptors (Lipinski definition) is 5. The number of hydrogen-bond donors (Lipinski definition) is 1. The fraction of sp³-hybridized carbons (Fsp3) is 0.368. The topological polar surface area (TPSA) is 105 Å². The molecule has 0 unspecified atom stereocenters. The van der Waals surface area contributed by atoms with Crippen molar-refractivity contribution in [3.8, 4) is 0 Å². The molecule has 1 saturated heterocycles. The van der Waals surface area contributed by atoms with Crippen molar-refractivity contribution in [3.05, 3.63) is 53.3 Å². The minimum Gasteiger partial charge on any atom is -0.478 e. The molecule has 1 amide bonds. The van der Waals surface area contributed by atoms with Gasteiger partial charge in [-0.1, -0.05) is 18.2 Å². The SMILES string of the molecule is CS(=O)(=O)c1ccc(C(=O)N2CCC(Cc3ccccc3C(=O)O)CC2)o1. The third-order valence-electron chi connectivity index (χ3n) is 4.82. The molecule has 1 aliphatic rings. The van der Waals surface area contributed by atoms with Gasteiger partial charge in [0, 0.05) is 19.3 Å². The maximum atomic E-state index is 12.5. The molecule has 0 spiro atoms. The Morgan fingerprint density at radius 2 is 1.81 bits per heavy atom. The number of nitrogens with zero attached hydrogens (tertiary/aromatic N) is 1. The Labute approximate surface area is 157 Å². The molecule has 2 heterocycles. The molecule has 0 bridgehead atoms. The van der Waals surface area contributed by atoms with Crippen LogP contribution in [0.2, 0.25) is 0 Å². The van der Waals surface area contributed by atoms with Crippen molar-refractivity contribution in [2.75, 3.05) is 19.3 Å². The predicted octanol–water partition coefficient (Wildman–Crippen LogP) is 2.48. The number of carbonyl (C=O) groups is 2. The van der Waals surface area contributed by atoms with E-state index >= 15 is 0 Å². The quantitative estimate of drug-likeness (QED) is 0.839. The Hall–Kier alpha value is -2.61. The molecule has 0 atom stereocenters. The zero-order valence-electron chi connectivity index (χ0n) is 14.9. The first-order chi connectivity index (χ1) is 12.8. The zero-order chi connectivity index (χ0) is 19.6. The maximum Gasteiger partial charge on any atom is 0.335 e. The van der Waals surface area contributed by atoms with Crippen LogP contribution in [-0.2, 0) is 16.3 Å². The molecule has 144 valence electrons. The second kappa shape index (κ2) is 7.56. The van der Waals surface area contributed by atoms with Crippen LogP contribution < -0.4 is 0 Å². The molecule has 1 aliphatic heterocycles. The number of carboxylic acid groups (broad SMARTS) is 1. The summed E-state index contributed by atoms with van der Waals surface area (Å²) in [7, 11) is -3.49. The molecular weight excluding hydrogens is 370 g/mol. The molecule has 0 saturated carbocycles. The van der Waals surface area contributed by atoms with E-state index in [9.17, 15) is 23.1 Å². The smallest absolute Gasteiger partial charge is 0.335 e. The van der Waals surface area contributed by atoms with Crippen molar-refractivity contribution in [2.45, 2.75) is 24.4 Å². The first-order valence-electron chi connectivity index (χ1n) is 8.66. The Morgan fingerprint density at radius 1 is 1.15 bits per heavy atom. The van der Waals surface area contributed by atoms with Gasteiger partial charge in [0.05, 0.1) is 5.56 Å². The minimum absolute atomic E-state index is 0.0186. The van der Waals surface area contributed by atoms with E-state index in [1.54, 1.807) is 17.0 Å². The summed E-state index contributed by atoms with van der Waals surface area (Å²) in [6.45, 7) is 1.04. The highest BCUT2D eigenvalue weighted by atomic mass is 32.2. The molecule has 1 aromatic carbocycles. The standard InChI is InChI=1S/C19H21NO6S/c1-27(24,25)17-7-6-16(26-17)18(21)20-10-8-13(9-11-20)12-14-4-2-3-5-15(14)19(22)23/h2-7,13H,8-12H2,1H3,(H,22,23). The number of aromatic carboxylic acids is 1. The number of benzene rings is 1. The molecule has 1 aromatic heterocycles. The van der Waals surface area contributed by atoms with Crippen LogP contribution in [0.25, 0.3) is 0 Å². The summed E-state index contributed by atoms with van der Waals surface area (Å²) in [6, 6.07) is 9.65. The molecule has 1 N–H and O–H groups in total. The lowest BCUT2D eigenvalue weighted by molar-refractivity contribution is 0.0653. The van der Waals surface area contributed by atoms with Crippen LogP contribution >= 0.6 is 0 Å². The van der Waals surface area contributed by atoms with E-state index in [1.165, 1.54) is 12.1 Å². The molecular formula is C19H21NO6S. The zero-order valence-corrected chi connectivity index (χ0v) is 15.7. The first kappa shape index (κ1) is 19.2. The van der Waals surface area contributed by atoms with Gasteiger partial charge in [0.15, 0.2) is 5.76 Å². The van der Waals surface area contributed by atoms with Crippen molar-refractivity contribution < 1.29 is 27.5 Å². The Morgan fingerprint density at radius 3 is 2.41 bits per heavy atom. The van der Waals surface area contributed by atoms with Crippen molar-refractivity contribution in [2.24, 2.45) is 5.92 Å². The molecule has 0 radical (unpaired) electrons. The van der Waals surface area contributed by atoms with E-state index in [4.69, 9.17) is 4.42 Å². The van der Waals surface area contributed by atoms with Crippen molar-refractivity contribution in [3.63, 3.8) is 0 Å². The highest BCUT2D eigenvalue weighted by Crippen LogP contribution is 2.25. The summed E-state index contributed by atoms with van der Waals surface area (Å²) in [6.07, 6.45) is 3.18. The van der Waals surface area contributed by atoms with E-state index in [-0.39, 0.29) is 22.7 Å². The summed E-state index contributed by atoms with van der Waals surface area (Å²) in [5, 5.41) is 9.07. The number of furan rings is 1. The summed E-state index contributed by atoms with van der Waals surface area (Å²) >= 11 is 0. The summed E-state index contributed by atoms with van der Waals surface area (Å²) in [5.41, 5.74) is 1.12. The highest BCUT2D eigenvalue weighted by molar-refractivity contribution is 7.90. The number of rotatable bonds is 5. The van der Waals surface area contributed by atoms with Crippen LogP contribution in [-0.4, -0.2) is 49.6 Å². The number of piperidine rings is 1. The average Bonchev–Trinajstić information content (AvgIpc) is 3.12. The van der Waals surface area contributed by atoms with Crippen LogP contribution in [0.5, 0.6) is 0 Å². The summed E-state index contributed by atoms with van der Waals surface area (Å²) in [5.74, 6) is -0.949. The Bertz CT molecular complexity index is 954. The maximum absolute atomic E-state index is 12.5. The van der Waals surface area contributed by atoms with Gasteiger partial charge in [-0.25, -0.2) is 13.2 Å².